The Kier molecular flexibility index (Phi) is 4.12. The van der Waals surface area contributed by atoms with Gasteiger partial charge in [-0.05, 0) is 18.3 Å². The van der Waals surface area contributed by atoms with Crippen molar-refractivity contribution in [2.24, 2.45) is 5.41 Å². The summed E-state index contributed by atoms with van der Waals surface area (Å²) < 4.78 is 0. The Bertz CT molecular complexity index is 307. The van der Waals surface area contributed by atoms with Gasteiger partial charge in [0.05, 0.1) is 6.04 Å². The number of aliphatic hydroxyl groups is 1. The van der Waals surface area contributed by atoms with E-state index in [-0.39, 0.29) is 18.1 Å². The maximum atomic E-state index is 12.1. The molecule has 1 atom stereocenters. The standard InChI is InChI=1S/C13H25N3O2/c1-13(2,10-17)4-3-6-15-9-11-8-14-5-7-16(11)12(15)18/h11,14,17H,3-10H2,1-2H3/t11-/m0/s1. The second kappa shape index (κ2) is 5.45. The molecule has 2 amide bonds. The molecule has 2 N–H and O–H groups in total. The largest absolute Gasteiger partial charge is 0.396 e. The molecule has 2 aliphatic heterocycles. The number of carbonyl (C=O) groups is 1. The SMILES string of the molecule is CC(C)(CO)CCCN1C[C@@H]2CNCCN2C1=O. The van der Waals surface area contributed by atoms with E-state index in [4.69, 9.17) is 0 Å². The Morgan fingerprint density at radius 3 is 2.94 bits per heavy atom. The highest BCUT2D eigenvalue weighted by Gasteiger charge is 2.37. The molecule has 0 unspecified atom stereocenters. The van der Waals surface area contributed by atoms with Gasteiger partial charge >= 0.3 is 6.03 Å². The summed E-state index contributed by atoms with van der Waals surface area (Å²) in [6.45, 7) is 8.67. The molecule has 18 heavy (non-hydrogen) atoms. The Labute approximate surface area is 109 Å². The predicted molar refractivity (Wildman–Crippen MR) is 70.4 cm³/mol. The van der Waals surface area contributed by atoms with Crippen LogP contribution in [0.25, 0.3) is 0 Å². The van der Waals surface area contributed by atoms with Crippen molar-refractivity contribution >= 4 is 6.03 Å². The number of nitrogens with one attached hydrogen (secondary N) is 1. The van der Waals surface area contributed by atoms with Crippen molar-refractivity contribution in [1.29, 1.82) is 0 Å². The van der Waals surface area contributed by atoms with Crippen molar-refractivity contribution in [2.45, 2.75) is 32.7 Å². The molecule has 2 aliphatic rings. The lowest BCUT2D eigenvalue weighted by Crippen LogP contribution is -2.49. The number of amides is 2. The molecule has 5 nitrogen and oxygen atoms in total. The smallest absolute Gasteiger partial charge is 0.320 e. The van der Waals surface area contributed by atoms with E-state index in [0.29, 0.717) is 6.04 Å². The van der Waals surface area contributed by atoms with Crippen molar-refractivity contribution in [3.63, 3.8) is 0 Å². The second-order valence-corrected chi connectivity index (χ2v) is 6.21. The normalized spacial score (nSPS) is 24.6. The van der Waals surface area contributed by atoms with Crippen LogP contribution in [0.4, 0.5) is 4.79 Å². The minimum Gasteiger partial charge on any atom is -0.396 e. The molecule has 5 heteroatoms. The fraction of sp³-hybridized carbons (Fsp3) is 0.923. The van der Waals surface area contributed by atoms with Crippen LogP contribution in [0.5, 0.6) is 0 Å². The molecular weight excluding hydrogens is 230 g/mol. The lowest BCUT2D eigenvalue weighted by atomic mass is 9.89. The molecule has 104 valence electrons. The molecule has 2 rings (SSSR count). The van der Waals surface area contributed by atoms with Crippen molar-refractivity contribution in [2.75, 3.05) is 39.3 Å². The summed E-state index contributed by atoms with van der Waals surface area (Å²) in [5.41, 5.74) is -0.0304. The van der Waals surface area contributed by atoms with E-state index in [1.807, 2.05) is 9.80 Å². The van der Waals surface area contributed by atoms with Crippen LogP contribution in [0.1, 0.15) is 26.7 Å². The minimum absolute atomic E-state index is 0.0304. The van der Waals surface area contributed by atoms with Gasteiger partial charge in [-0.1, -0.05) is 13.8 Å². The van der Waals surface area contributed by atoms with Gasteiger partial charge in [0.2, 0.25) is 0 Å². The van der Waals surface area contributed by atoms with Gasteiger partial charge in [0, 0.05) is 39.3 Å². The lowest BCUT2D eigenvalue weighted by molar-refractivity contribution is 0.143. The summed E-state index contributed by atoms with van der Waals surface area (Å²) in [6, 6.07) is 0.556. The molecule has 0 bridgehead atoms. The van der Waals surface area contributed by atoms with E-state index in [1.165, 1.54) is 0 Å². The summed E-state index contributed by atoms with van der Waals surface area (Å²) in [6.07, 6.45) is 1.92. The number of nitrogens with zero attached hydrogens (tertiary/aromatic N) is 2. The molecule has 2 fully saturated rings. The Balaban J connectivity index is 1.79. The molecule has 0 radical (unpaired) electrons. The van der Waals surface area contributed by atoms with Gasteiger partial charge in [-0.3, -0.25) is 0 Å². The molecule has 0 aromatic carbocycles. The topological polar surface area (TPSA) is 55.8 Å². The van der Waals surface area contributed by atoms with E-state index in [2.05, 4.69) is 19.2 Å². The lowest BCUT2D eigenvalue weighted by Gasteiger charge is -2.28. The third-order valence-corrected chi connectivity index (χ3v) is 4.01. The number of urea groups is 1. The first-order chi connectivity index (χ1) is 8.53. The van der Waals surface area contributed by atoms with E-state index >= 15 is 0 Å². The summed E-state index contributed by atoms with van der Waals surface area (Å²) in [5, 5.41) is 12.5. The average Bonchev–Trinajstić information content (AvgIpc) is 2.67. The van der Waals surface area contributed by atoms with Crippen LogP contribution >= 0.6 is 0 Å². The first-order valence-electron chi connectivity index (χ1n) is 6.91. The number of rotatable bonds is 5. The van der Waals surface area contributed by atoms with Crippen molar-refractivity contribution in [3.8, 4) is 0 Å². The quantitative estimate of drug-likeness (QED) is 0.752. The van der Waals surface area contributed by atoms with Gasteiger partial charge in [0.1, 0.15) is 0 Å². The van der Waals surface area contributed by atoms with Crippen LogP contribution in [-0.2, 0) is 0 Å². The van der Waals surface area contributed by atoms with Gasteiger partial charge in [0.25, 0.3) is 0 Å². The highest BCUT2D eigenvalue weighted by molar-refractivity contribution is 5.77. The fourth-order valence-corrected chi connectivity index (χ4v) is 2.70. The molecule has 2 saturated heterocycles. The fourth-order valence-electron chi connectivity index (χ4n) is 2.70. The van der Waals surface area contributed by atoms with E-state index < -0.39 is 0 Å². The first-order valence-corrected chi connectivity index (χ1v) is 6.91. The number of piperazine rings is 1. The van der Waals surface area contributed by atoms with Crippen molar-refractivity contribution in [1.82, 2.24) is 15.1 Å². The number of hydrogen-bond acceptors (Lipinski definition) is 3. The van der Waals surface area contributed by atoms with Crippen LogP contribution in [0.15, 0.2) is 0 Å². The number of carbonyl (C=O) groups excluding carboxylic acids is 1. The summed E-state index contributed by atoms with van der Waals surface area (Å²) in [5.74, 6) is 0. The predicted octanol–water partition coefficient (Wildman–Crippen LogP) is 0.495. The molecule has 0 aromatic heterocycles. The molecular formula is C13H25N3O2. The molecule has 0 aromatic rings. The number of hydrogen-bond donors (Lipinski definition) is 2. The zero-order valence-electron chi connectivity index (χ0n) is 11.5. The van der Waals surface area contributed by atoms with Crippen molar-refractivity contribution in [3.05, 3.63) is 0 Å². The highest BCUT2D eigenvalue weighted by Crippen LogP contribution is 2.23. The zero-order chi connectivity index (χ0) is 13.2. The molecule has 2 heterocycles. The molecule has 0 saturated carbocycles. The van der Waals surface area contributed by atoms with Crippen LogP contribution in [-0.4, -0.2) is 66.3 Å². The van der Waals surface area contributed by atoms with Crippen molar-refractivity contribution < 1.29 is 9.90 Å². The van der Waals surface area contributed by atoms with Gasteiger partial charge in [0.15, 0.2) is 0 Å². The van der Waals surface area contributed by atoms with Crippen LogP contribution in [0.2, 0.25) is 0 Å². The maximum absolute atomic E-state index is 12.1. The van der Waals surface area contributed by atoms with E-state index in [1.54, 1.807) is 0 Å². The number of fused-ring (bicyclic) bond motifs is 1. The number of aliphatic hydroxyl groups excluding tert-OH is 1. The van der Waals surface area contributed by atoms with Crippen LogP contribution in [0.3, 0.4) is 0 Å². The highest BCUT2D eigenvalue weighted by atomic mass is 16.3. The Morgan fingerprint density at radius 2 is 2.28 bits per heavy atom. The Morgan fingerprint density at radius 1 is 1.50 bits per heavy atom. The second-order valence-electron chi connectivity index (χ2n) is 6.21. The third kappa shape index (κ3) is 2.95. The Hall–Kier alpha value is -0.810. The monoisotopic (exact) mass is 255 g/mol. The van der Waals surface area contributed by atoms with Crippen LogP contribution in [0, 0.1) is 5.41 Å². The van der Waals surface area contributed by atoms with E-state index in [9.17, 15) is 9.90 Å². The minimum atomic E-state index is -0.0304. The summed E-state index contributed by atoms with van der Waals surface area (Å²) in [7, 11) is 0. The molecule has 0 spiro atoms. The zero-order valence-corrected chi connectivity index (χ0v) is 11.5. The van der Waals surface area contributed by atoms with Gasteiger partial charge < -0.3 is 20.2 Å². The van der Waals surface area contributed by atoms with Gasteiger partial charge in [-0.2, -0.15) is 0 Å². The first kappa shape index (κ1) is 13.6. The molecule has 0 aliphatic carbocycles. The summed E-state index contributed by atoms with van der Waals surface area (Å²) in [4.78, 5) is 16.1. The van der Waals surface area contributed by atoms with Gasteiger partial charge in [-0.25, -0.2) is 4.79 Å². The van der Waals surface area contributed by atoms with Crippen LogP contribution < -0.4 is 5.32 Å². The summed E-state index contributed by atoms with van der Waals surface area (Å²) >= 11 is 0. The third-order valence-electron chi connectivity index (χ3n) is 4.01. The van der Waals surface area contributed by atoms with E-state index in [0.717, 1.165) is 45.6 Å². The average molecular weight is 255 g/mol. The maximum Gasteiger partial charge on any atom is 0.320 e. The van der Waals surface area contributed by atoms with Gasteiger partial charge in [-0.15, -0.1) is 0 Å².